The Kier molecular flexibility index (Phi) is 10.4. The molecule has 0 aliphatic carbocycles. The lowest BCUT2D eigenvalue weighted by Gasteiger charge is -2.21. The van der Waals surface area contributed by atoms with Gasteiger partial charge in [-0.3, -0.25) is 0 Å². The van der Waals surface area contributed by atoms with E-state index >= 15 is 0 Å². The van der Waals surface area contributed by atoms with Crippen molar-refractivity contribution in [1.82, 2.24) is 19.5 Å². The van der Waals surface area contributed by atoms with E-state index in [1.807, 2.05) is 18.2 Å². The molecule has 74 heavy (non-hydrogen) atoms. The highest BCUT2D eigenvalue weighted by Crippen LogP contribution is 2.46. The molecule has 5 heteroatoms. The third kappa shape index (κ3) is 7.63. The minimum atomic E-state index is 0.568. The van der Waals surface area contributed by atoms with E-state index in [4.69, 9.17) is 19.4 Å². The Morgan fingerprint density at radius 2 is 0.649 bits per heavy atom. The fraction of sp³-hybridized carbons (Fsp3) is 0. The second-order valence-electron chi connectivity index (χ2n) is 18.7. The molecule has 0 aliphatic rings. The highest BCUT2D eigenvalue weighted by molar-refractivity contribution is 6.18. The maximum atomic E-state index is 6.51. The predicted octanol–water partition coefficient (Wildman–Crippen LogP) is 18.2. The van der Waals surface area contributed by atoms with Crippen LogP contribution in [0.15, 0.2) is 271 Å². The van der Waals surface area contributed by atoms with Crippen LogP contribution in [0, 0.1) is 0 Å². The first-order valence-corrected chi connectivity index (χ1v) is 25.0. The summed E-state index contributed by atoms with van der Waals surface area (Å²) in [5, 5.41) is 4.42. The Balaban J connectivity index is 1.05. The fourth-order valence-electron chi connectivity index (χ4n) is 10.7. The molecule has 0 N–H and O–H groups in total. The van der Waals surface area contributed by atoms with Crippen LogP contribution in [0.25, 0.3) is 139 Å². The largest absolute Gasteiger partial charge is 0.456 e. The van der Waals surface area contributed by atoms with Crippen molar-refractivity contribution in [3.8, 4) is 95.5 Å². The maximum Gasteiger partial charge on any atom is 0.164 e. The summed E-state index contributed by atoms with van der Waals surface area (Å²) in [6.07, 6.45) is 0. The normalized spacial score (nSPS) is 11.5. The highest BCUT2D eigenvalue weighted by Gasteiger charge is 2.24. The summed E-state index contributed by atoms with van der Waals surface area (Å²) in [6.45, 7) is 0. The zero-order valence-electron chi connectivity index (χ0n) is 40.1. The number of fused-ring (bicyclic) bond motifs is 6. The van der Waals surface area contributed by atoms with Crippen LogP contribution in [-0.4, -0.2) is 19.5 Å². The van der Waals surface area contributed by atoms with Gasteiger partial charge in [0.25, 0.3) is 0 Å². The first-order valence-electron chi connectivity index (χ1n) is 25.0. The van der Waals surface area contributed by atoms with E-state index in [1.54, 1.807) is 0 Å². The van der Waals surface area contributed by atoms with Crippen LogP contribution in [-0.2, 0) is 0 Å². The molecule has 0 unspecified atom stereocenters. The van der Waals surface area contributed by atoms with Crippen LogP contribution < -0.4 is 0 Å². The number of aromatic nitrogens is 4. The average molecular weight is 945 g/mol. The van der Waals surface area contributed by atoms with Crippen molar-refractivity contribution < 1.29 is 4.42 Å². The van der Waals surface area contributed by atoms with E-state index in [0.717, 1.165) is 122 Å². The van der Waals surface area contributed by atoms with Crippen molar-refractivity contribution in [3.63, 3.8) is 0 Å². The van der Waals surface area contributed by atoms with E-state index in [9.17, 15) is 0 Å². The molecule has 0 radical (unpaired) electrons. The van der Waals surface area contributed by atoms with E-state index in [-0.39, 0.29) is 0 Å². The molecule has 0 spiro atoms. The molecule has 11 aromatic carbocycles. The zero-order chi connectivity index (χ0) is 49.0. The molecular weight excluding hydrogens is 901 g/mol. The van der Waals surface area contributed by atoms with Gasteiger partial charge in [-0.15, -0.1) is 0 Å². The van der Waals surface area contributed by atoms with Crippen molar-refractivity contribution >= 4 is 43.7 Å². The van der Waals surface area contributed by atoms with Crippen molar-refractivity contribution in [2.75, 3.05) is 0 Å². The molecule has 3 heterocycles. The number of rotatable bonds is 9. The highest BCUT2D eigenvalue weighted by atomic mass is 16.3. The zero-order valence-corrected chi connectivity index (χ0v) is 40.1. The number of nitrogens with zero attached hydrogens (tertiary/aromatic N) is 4. The van der Waals surface area contributed by atoms with E-state index in [0.29, 0.717) is 17.5 Å². The molecule has 0 saturated carbocycles. The third-order valence-electron chi connectivity index (χ3n) is 14.2. The van der Waals surface area contributed by atoms with Gasteiger partial charge in [0.15, 0.2) is 17.5 Å². The number of hydrogen-bond donors (Lipinski definition) is 0. The van der Waals surface area contributed by atoms with Gasteiger partial charge in [0.2, 0.25) is 0 Å². The van der Waals surface area contributed by atoms with Gasteiger partial charge in [-0.2, -0.15) is 0 Å². The van der Waals surface area contributed by atoms with Crippen LogP contribution in [0.1, 0.15) is 0 Å². The molecule has 5 nitrogen and oxygen atoms in total. The monoisotopic (exact) mass is 944 g/mol. The van der Waals surface area contributed by atoms with Gasteiger partial charge in [0, 0.05) is 49.4 Å². The number of benzene rings is 11. The Bertz CT molecular complexity index is 4260. The molecule has 0 saturated heterocycles. The van der Waals surface area contributed by atoms with Crippen LogP contribution in [0.3, 0.4) is 0 Å². The van der Waals surface area contributed by atoms with Crippen molar-refractivity contribution in [2.45, 2.75) is 0 Å². The summed E-state index contributed by atoms with van der Waals surface area (Å²) in [7, 11) is 0. The van der Waals surface area contributed by atoms with Crippen LogP contribution >= 0.6 is 0 Å². The van der Waals surface area contributed by atoms with Gasteiger partial charge in [0.05, 0.1) is 16.7 Å². The summed E-state index contributed by atoms with van der Waals surface area (Å²) >= 11 is 0. The molecule has 3 aromatic heterocycles. The standard InChI is InChI=1S/C69H44N4O/c1-6-20-45(21-7-1)48-34-36-51(37-35-48)67-70-68(54-39-52(46-22-8-2-9-23-46)38-53(40-54)47-24-10-3-11-25-47)72-69(71-67)55-41-58(49-26-12-4-13-27-49)66(59(42-55)50-28-14-5-15-29-50)73-62-32-18-16-30-56(62)60-44-65-61(43-63(60)73)57-31-17-19-33-64(57)74-65/h1-44H. The first kappa shape index (κ1) is 42.9. The lowest BCUT2D eigenvalue weighted by atomic mass is 9.92. The number of hydrogen-bond acceptors (Lipinski definition) is 4. The van der Waals surface area contributed by atoms with E-state index in [1.165, 1.54) is 0 Å². The SMILES string of the molecule is c1ccc(-c2ccc(-c3nc(-c4cc(-c5ccccc5)cc(-c5ccccc5)c4)nc(-c4cc(-c5ccccc5)c(-n5c6ccccc6c6cc7oc8ccccc8c7cc65)c(-c5ccccc5)c4)n3)cc2)cc1. The summed E-state index contributed by atoms with van der Waals surface area (Å²) < 4.78 is 8.97. The average Bonchev–Trinajstić information content (AvgIpc) is 4.03. The molecule has 14 rings (SSSR count). The summed E-state index contributed by atoms with van der Waals surface area (Å²) in [6, 6.07) is 94.2. The second kappa shape index (κ2) is 18.0. The number of furan rings is 1. The lowest BCUT2D eigenvalue weighted by molar-refractivity contribution is 0.669. The molecule has 0 aliphatic heterocycles. The fourth-order valence-corrected chi connectivity index (χ4v) is 10.7. The smallest absolute Gasteiger partial charge is 0.164 e. The van der Waals surface area contributed by atoms with Crippen molar-refractivity contribution in [2.24, 2.45) is 0 Å². The molecule has 346 valence electrons. The van der Waals surface area contributed by atoms with Gasteiger partial charge >= 0.3 is 0 Å². The Labute approximate surface area is 428 Å². The maximum absolute atomic E-state index is 6.51. The Hall–Kier alpha value is -9.97. The van der Waals surface area contributed by atoms with E-state index < -0.39 is 0 Å². The van der Waals surface area contributed by atoms with Crippen molar-refractivity contribution in [1.29, 1.82) is 0 Å². The minimum absolute atomic E-state index is 0.568. The van der Waals surface area contributed by atoms with Crippen molar-refractivity contribution in [3.05, 3.63) is 267 Å². The lowest BCUT2D eigenvalue weighted by Crippen LogP contribution is -2.04. The quantitative estimate of drug-likeness (QED) is 0.145. The summed E-state index contributed by atoms with van der Waals surface area (Å²) in [5.41, 5.74) is 18.5. The van der Waals surface area contributed by atoms with Gasteiger partial charge < -0.3 is 8.98 Å². The van der Waals surface area contributed by atoms with Gasteiger partial charge in [0.1, 0.15) is 11.2 Å². The van der Waals surface area contributed by atoms with Gasteiger partial charge in [-0.25, -0.2) is 15.0 Å². The predicted molar refractivity (Wildman–Crippen MR) is 305 cm³/mol. The topological polar surface area (TPSA) is 56.7 Å². The van der Waals surface area contributed by atoms with E-state index in [2.05, 4.69) is 253 Å². The Morgan fingerprint density at radius 1 is 0.243 bits per heavy atom. The molecule has 0 fully saturated rings. The Morgan fingerprint density at radius 3 is 1.20 bits per heavy atom. The van der Waals surface area contributed by atoms with Crippen LogP contribution in [0.2, 0.25) is 0 Å². The molecule has 0 amide bonds. The minimum Gasteiger partial charge on any atom is -0.456 e. The third-order valence-corrected chi connectivity index (χ3v) is 14.2. The van der Waals surface area contributed by atoms with Crippen LogP contribution in [0.4, 0.5) is 0 Å². The first-order chi connectivity index (χ1) is 36.7. The van der Waals surface area contributed by atoms with Gasteiger partial charge in [-0.1, -0.05) is 212 Å². The number of para-hydroxylation sites is 2. The summed E-state index contributed by atoms with van der Waals surface area (Å²) in [5.74, 6) is 1.73. The molecule has 14 aromatic rings. The molecule has 0 bridgehead atoms. The second-order valence-corrected chi connectivity index (χ2v) is 18.7. The summed E-state index contributed by atoms with van der Waals surface area (Å²) in [4.78, 5) is 16.3. The van der Waals surface area contributed by atoms with Crippen LogP contribution in [0.5, 0.6) is 0 Å². The van der Waals surface area contributed by atoms with Gasteiger partial charge in [-0.05, 0) is 99.1 Å². The molecular formula is C69H44N4O. The molecule has 0 atom stereocenters.